The molecule has 446 valence electrons. The minimum absolute atomic E-state index is 0.000813. The lowest BCUT2D eigenvalue weighted by atomic mass is 10.0. The number of nitrogens with zero attached hydrogens (tertiary/aromatic N) is 2. The zero-order valence-corrected chi connectivity index (χ0v) is 45.8. The van der Waals surface area contributed by atoms with Crippen molar-refractivity contribution in [1.29, 1.82) is 0 Å². The van der Waals surface area contributed by atoms with Gasteiger partial charge in [0.2, 0.25) is 53.2 Å². The third-order valence-electron chi connectivity index (χ3n) is 11.8. The van der Waals surface area contributed by atoms with Gasteiger partial charge < -0.3 is 104 Å². The van der Waals surface area contributed by atoms with Crippen molar-refractivity contribution in [2.24, 2.45) is 67.7 Å². The van der Waals surface area contributed by atoms with E-state index in [2.05, 4.69) is 52.5 Å². The van der Waals surface area contributed by atoms with Crippen molar-refractivity contribution in [2.45, 2.75) is 185 Å². The fourth-order valence-electron chi connectivity index (χ4n) is 7.49. The largest absolute Gasteiger partial charge is 0.480 e. The molecule has 27 N–H and O–H groups in total. The molecule has 0 rings (SSSR count). The summed E-state index contributed by atoms with van der Waals surface area (Å²) in [5, 5.41) is 50.3. The number of carbonyl (C=O) groups is 10. The Morgan fingerprint density at radius 3 is 1.17 bits per heavy atom. The monoisotopic (exact) mass is 1110 g/mol. The summed E-state index contributed by atoms with van der Waals surface area (Å²) in [6.45, 7) is 9.35. The number of nitrogens with two attached hydrogens (primary N) is 8. The van der Waals surface area contributed by atoms with Gasteiger partial charge in [-0.05, 0) is 103 Å². The van der Waals surface area contributed by atoms with Gasteiger partial charge in [-0.15, -0.1) is 0 Å². The SMILES string of the molecule is CC(C)C[C@H](NC(=O)[C@@H](NC(=O)[C@H](CCCN=C(N)N)NC(=O)[C@H](CC(N)=O)NC(=O)[C@H](CCCN=C(N)N)NC(=O)[C@H](CCCCN)NC(=O)[C@@H](N)CCCCN)[C@@H](C)O)C(=O)N[C@H](C(=O)N[C@H](C(=O)O)C(C)C)[C@@H](C)O. The van der Waals surface area contributed by atoms with Crippen LogP contribution in [0.4, 0.5) is 0 Å². The van der Waals surface area contributed by atoms with Crippen LogP contribution in [0.5, 0.6) is 0 Å². The first kappa shape index (κ1) is 71.0. The molecule has 0 saturated heterocycles. The van der Waals surface area contributed by atoms with Gasteiger partial charge in [0.25, 0.3) is 0 Å². The topological polar surface area (TPSA) is 561 Å². The van der Waals surface area contributed by atoms with Gasteiger partial charge in [0.1, 0.15) is 48.3 Å². The number of aliphatic carboxylic acids is 1. The number of guanidine groups is 2. The maximum absolute atomic E-state index is 14.1. The molecular weight excluding hydrogens is 1020 g/mol. The van der Waals surface area contributed by atoms with Crippen LogP contribution < -0.4 is 88.4 Å². The van der Waals surface area contributed by atoms with Gasteiger partial charge >= 0.3 is 5.97 Å². The summed E-state index contributed by atoms with van der Waals surface area (Å²) in [5.74, 6) is -11.7. The third kappa shape index (κ3) is 29.0. The highest BCUT2D eigenvalue weighted by Crippen LogP contribution is 2.12. The fourth-order valence-corrected chi connectivity index (χ4v) is 7.49. The van der Waals surface area contributed by atoms with Gasteiger partial charge in [0.15, 0.2) is 11.9 Å². The predicted molar refractivity (Wildman–Crippen MR) is 288 cm³/mol. The van der Waals surface area contributed by atoms with Gasteiger partial charge in [-0.1, -0.05) is 34.1 Å². The minimum atomic E-state index is -1.84. The van der Waals surface area contributed by atoms with E-state index in [1.54, 1.807) is 13.8 Å². The Morgan fingerprint density at radius 2 is 0.782 bits per heavy atom. The standard InChI is InChI=1S/C47H90N18O13/c1-23(2)21-31(42(74)65-36(26(6)67)44(76)63-34(24(3)4)45(77)78)62-43(75)35(25(5)66)64-40(72)30(16-12-20-57-47(54)55)60-41(73)32(22-33(51)68)61-39(71)29(15-11-19-56-46(52)53)59-38(70)28(14-8-10-18-49)58-37(69)27(50)13-7-9-17-48/h23-32,34-36,66-67H,7-22,48-50H2,1-6H3,(H2,51,68)(H,58,69)(H,59,70)(H,60,73)(H,61,71)(H,62,75)(H,63,76)(H,64,72)(H,65,74)(H,77,78)(H4,52,53,56)(H4,54,55,57)/t25-,26-,27+,28+,29+,30+,31+,32+,34+,35+,36+/m1/s1. The highest BCUT2D eigenvalue weighted by Gasteiger charge is 2.37. The Bertz CT molecular complexity index is 2020. The number of hydrogen-bond acceptors (Lipinski definition) is 17. The van der Waals surface area contributed by atoms with E-state index in [0.29, 0.717) is 32.2 Å². The molecule has 11 atom stereocenters. The molecule has 0 radical (unpaired) electrons. The van der Waals surface area contributed by atoms with E-state index in [4.69, 9.17) is 45.9 Å². The lowest BCUT2D eigenvalue weighted by Crippen LogP contribution is -2.63. The van der Waals surface area contributed by atoms with Crippen LogP contribution >= 0.6 is 0 Å². The van der Waals surface area contributed by atoms with Crippen LogP contribution in [-0.4, -0.2) is 179 Å². The molecule has 9 amide bonds. The molecule has 0 unspecified atom stereocenters. The summed E-state index contributed by atoms with van der Waals surface area (Å²) >= 11 is 0. The number of carbonyl (C=O) groups excluding carboxylic acids is 9. The van der Waals surface area contributed by atoms with Crippen LogP contribution in [0.1, 0.15) is 119 Å². The molecule has 31 nitrogen and oxygen atoms in total. The normalized spacial score (nSPS) is 15.4. The van der Waals surface area contributed by atoms with Gasteiger partial charge in [-0.25, -0.2) is 4.79 Å². The summed E-state index contributed by atoms with van der Waals surface area (Å²) in [6.07, 6.45) is -2.06. The molecule has 0 aliphatic carbocycles. The maximum atomic E-state index is 14.1. The van der Waals surface area contributed by atoms with E-state index in [1.165, 1.54) is 20.8 Å². The quantitative estimate of drug-likeness (QED) is 0.0154. The van der Waals surface area contributed by atoms with Crippen LogP contribution in [0.3, 0.4) is 0 Å². The van der Waals surface area contributed by atoms with Crippen molar-refractivity contribution in [3.05, 3.63) is 0 Å². The van der Waals surface area contributed by atoms with Crippen LogP contribution in [0.25, 0.3) is 0 Å². The number of nitrogens with one attached hydrogen (secondary N) is 8. The second-order valence-electron chi connectivity index (χ2n) is 19.7. The predicted octanol–water partition coefficient (Wildman–Crippen LogP) is -7.02. The molecule has 0 aliphatic rings. The van der Waals surface area contributed by atoms with E-state index < -0.39 is 138 Å². The average molecular weight is 1120 g/mol. The minimum Gasteiger partial charge on any atom is -0.480 e. The van der Waals surface area contributed by atoms with E-state index in [1.807, 2.05) is 0 Å². The summed E-state index contributed by atoms with van der Waals surface area (Å²) in [7, 11) is 0. The fraction of sp³-hybridized carbons (Fsp3) is 0.745. The van der Waals surface area contributed by atoms with Crippen molar-refractivity contribution in [2.75, 3.05) is 26.2 Å². The van der Waals surface area contributed by atoms with E-state index in [9.17, 15) is 63.3 Å². The maximum Gasteiger partial charge on any atom is 0.326 e. The molecule has 78 heavy (non-hydrogen) atoms. The smallest absolute Gasteiger partial charge is 0.326 e. The number of unbranched alkanes of at least 4 members (excludes halogenated alkanes) is 2. The van der Waals surface area contributed by atoms with Crippen LogP contribution in [-0.2, 0) is 47.9 Å². The van der Waals surface area contributed by atoms with Crippen molar-refractivity contribution >= 4 is 71.1 Å². The molecule has 0 saturated carbocycles. The first-order valence-electron chi connectivity index (χ1n) is 26.0. The van der Waals surface area contributed by atoms with Crippen LogP contribution in [0.2, 0.25) is 0 Å². The van der Waals surface area contributed by atoms with Gasteiger partial charge in [0.05, 0.1) is 24.7 Å². The summed E-state index contributed by atoms with van der Waals surface area (Å²) < 4.78 is 0. The number of rotatable bonds is 40. The van der Waals surface area contributed by atoms with Crippen LogP contribution in [0.15, 0.2) is 9.98 Å². The second-order valence-corrected chi connectivity index (χ2v) is 19.7. The molecule has 0 aromatic heterocycles. The van der Waals surface area contributed by atoms with Gasteiger partial charge in [0, 0.05) is 13.1 Å². The summed E-state index contributed by atoms with van der Waals surface area (Å²) in [4.78, 5) is 142. The van der Waals surface area contributed by atoms with E-state index >= 15 is 0 Å². The number of amides is 9. The van der Waals surface area contributed by atoms with Crippen molar-refractivity contribution in [3.63, 3.8) is 0 Å². The molecule has 0 aromatic rings. The number of aliphatic hydroxyl groups is 2. The highest BCUT2D eigenvalue weighted by molar-refractivity contribution is 5.99. The number of carboxylic acid groups (broad SMARTS) is 1. The summed E-state index contributed by atoms with van der Waals surface area (Å²) in [5.41, 5.74) is 44.7. The number of aliphatic hydroxyl groups excluding tert-OH is 2. The number of carboxylic acids is 1. The van der Waals surface area contributed by atoms with Gasteiger partial charge in [-0.2, -0.15) is 0 Å². The van der Waals surface area contributed by atoms with Crippen molar-refractivity contribution in [3.8, 4) is 0 Å². The van der Waals surface area contributed by atoms with Crippen LogP contribution in [0, 0.1) is 11.8 Å². The lowest BCUT2D eigenvalue weighted by molar-refractivity contribution is -0.144. The Kier molecular flexibility index (Phi) is 34.4. The zero-order chi connectivity index (χ0) is 59.8. The first-order chi connectivity index (χ1) is 36.5. The zero-order valence-electron chi connectivity index (χ0n) is 45.8. The third-order valence-corrected chi connectivity index (χ3v) is 11.8. The molecular formula is C47H90N18O13. The number of aliphatic imine (C=N–C) groups is 2. The van der Waals surface area contributed by atoms with E-state index in [0.717, 1.165) is 6.92 Å². The van der Waals surface area contributed by atoms with Crippen molar-refractivity contribution in [1.82, 2.24) is 42.5 Å². The molecule has 31 heteroatoms. The molecule has 0 spiro atoms. The number of primary amides is 1. The number of hydrogen-bond donors (Lipinski definition) is 19. The Hall–Kier alpha value is -6.96. The summed E-state index contributed by atoms with van der Waals surface area (Å²) in [6, 6.07) is -13.4. The Labute approximate surface area is 454 Å². The second kappa shape index (κ2) is 37.8. The highest BCUT2D eigenvalue weighted by atomic mass is 16.4. The van der Waals surface area contributed by atoms with Crippen molar-refractivity contribution < 1.29 is 63.3 Å². The molecule has 0 aromatic carbocycles. The van der Waals surface area contributed by atoms with E-state index in [-0.39, 0.29) is 82.4 Å². The lowest BCUT2D eigenvalue weighted by Gasteiger charge is -2.29. The van der Waals surface area contributed by atoms with Gasteiger partial charge in [-0.3, -0.25) is 53.1 Å². The molecule has 0 heterocycles. The Morgan fingerprint density at radius 1 is 0.436 bits per heavy atom. The average Bonchev–Trinajstić information content (AvgIpc) is 3.33. The molecule has 0 fully saturated rings. The first-order valence-corrected chi connectivity index (χ1v) is 26.0. The molecule has 0 aliphatic heterocycles. The molecule has 0 bridgehead atoms. The Balaban J connectivity index is 6.93.